The Hall–Kier alpha value is -1.83. The lowest BCUT2D eigenvalue weighted by Gasteiger charge is -2.38. The van der Waals surface area contributed by atoms with Crippen molar-refractivity contribution in [3.8, 4) is 11.5 Å². The van der Waals surface area contributed by atoms with E-state index >= 15 is 0 Å². The Morgan fingerprint density at radius 1 is 1.15 bits per heavy atom. The highest BCUT2D eigenvalue weighted by Crippen LogP contribution is 2.36. The van der Waals surface area contributed by atoms with E-state index in [4.69, 9.17) is 14.5 Å². The third-order valence-corrected chi connectivity index (χ3v) is 6.76. The van der Waals surface area contributed by atoms with Crippen molar-refractivity contribution < 1.29 is 9.47 Å². The fourth-order valence-corrected chi connectivity index (χ4v) is 5.06. The normalized spacial score (nSPS) is 20.9. The summed E-state index contributed by atoms with van der Waals surface area (Å²) in [6.07, 6.45) is 1.06. The third-order valence-electron chi connectivity index (χ3n) is 5.60. The van der Waals surface area contributed by atoms with Crippen molar-refractivity contribution in [1.82, 2.24) is 15.2 Å². The van der Waals surface area contributed by atoms with Crippen molar-refractivity contribution >= 4 is 16.5 Å². The van der Waals surface area contributed by atoms with Gasteiger partial charge in [0.05, 0.1) is 5.69 Å². The molecule has 1 aromatic heterocycles. The zero-order valence-corrected chi connectivity index (χ0v) is 15.8. The second-order valence-electron chi connectivity index (χ2n) is 7.10. The van der Waals surface area contributed by atoms with Gasteiger partial charge in [-0.05, 0) is 24.6 Å². The Bertz CT molecular complexity index is 777. The van der Waals surface area contributed by atoms with Crippen LogP contribution in [0, 0.1) is 0 Å². The lowest BCUT2D eigenvalue weighted by molar-refractivity contribution is 0.173. The minimum absolute atomic E-state index is 0.332. The van der Waals surface area contributed by atoms with Gasteiger partial charge in [-0.1, -0.05) is 6.07 Å². The minimum atomic E-state index is 0.332. The molecular formula is C19H24N4O2S. The van der Waals surface area contributed by atoms with Crippen molar-refractivity contribution in [2.24, 2.45) is 0 Å². The lowest BCUT2D eigenvalue weighted by Crippen LogP contribution is -2.47. The van der Waals surface area contributed by atoms with Crippen LogP contribution >= 0.6 is 11.3 Å². The van der Waals surface area contributed by atoms with Crippen LogP contribution in [-0.4, -0.2) is 49.4 Å². The molecule has 0 bridgehead atoms. The molecule has 6 nitrogen and oxygen atoms in total. The summed E-state index contributed by atoms with van der Waals surface area (Å²) in [5.41, 5.74) is 2.60. The van der Waals surface area contributed by atoms with Gasteiger partial charge in [0.15, 0.2) is 16.6 Å². The number of hydrogen-bond acceptors (Lipinski definition) is 7. The highest BCUT2D eigenvalue weighted by atomic mass is 32.1. The molecular weight excluding hydrogens is 348 g/mol. The number of aromatic nitrogens is 1. The standard InChI is InChI=1S/C19H24N4O2S/c1-13(14-2-3-16-17(10-14)25-12-24-16)22-6-8-23(9-7-22)19-21-15-4-5-20-11-18(15)26-19/h2-3,10,13,20H,4-9,11-12H2,1H3. The van der Waals surface area contributed by atoms with Gasteiger partial charge in [0, 0.05) is 56.6 Å². The lowest BCUT2D eigenvalue weighted by atomic mass is 10.1. The van der Waals surface area contributed by atoms with Gasteiger partial charge in [0.25, 0.3) is 0 Å². The van der Waals surface area contributed by atoms with Crippen LogP contribution in [0.5, 0.6) is 11.5 Å². The van der Waals surface area contributed by atoms with E-state index in [2.05, 4.69) is 34.2 Å². The fraction of sp³-hybridized carbons (Fsp3) is 0.526. The maximum absolute atomic E-state index is 5.53. The molecule has 1 N–H and O–H groups in total. The summed E-state index contributed by atoms with van der Waals surface area (Å²) in [6.45, 7) is 8.82. The van der Waals surface area contributed by atoms with Crippen LogP contribution in [0.4, 0.5) is 5.13 Å². The molecule has 2 aromatic rings. The number of nitrogens with zero attached hydrogens (tertiary/aromatic N) is 3. The first-order valence-electron chi connectivity index (χ1n) is 9.36. The first kappa shape index (κ1) is 16.4. The summed E-state index contributed by atoms with van der Waals surface area (Å²) >= 11 is 1.86. The molecule has 0 saturated carbocycles. The number of piperazine rings is 1. The maximum Gasteiger partial charge on any atom is 0.231 e. The second-order valence-corrected chi connectivity index (χ2v) is 8.17. The molecule has 3 aliphatic rings. The number of anilines is 1. The van der Waals surface area contributed by atoms with Gasteiger partial charge in [0.1, 0.15) is 0 Å². The van der Waals surface area contributed by atoms with Crippen LogP contribution < -0.4 is 19.7 Å². The van der Waals surface area contributed by atoms with E-state index < -0.39 is 0 Å². The molecule has 0 radical (unpaired) electrons. The molecule has 1 saturated heterocycles. The molecule has 1 aromatic carbocycles. The van der Waals surface area contributed by atoms with Gasteiger partial charge in [-0.2, -0.15) is 0 Å². The van der Waals surface area contributed by atoms with Crippen molar-refractivity contribution in [1.29, 1.82) is 0 Å². The van der Waals surface area contributed by atoms with Crippen LogP contribution in [0.15, 0.2) is 18.2 Å². The Morgan fingerprint density at radius 2 is 2.00 bits per heavy atom. The van der Waals surface area contributed by atoms with E-state index in [0.29, 0.717) is 12.8 Å². The van der Waals surface area contributed by atoms with Crippen LogP contribution in [0.2, 0.25) is 0 Å². The predicted molar refractivity (Wildman–Crippen MR) is 102 cm³/mol. The zero-order valence-electron chi connectivity index (χ0n) is 15.0. The van der Waals surface area contributed by atoms with Crippen LogP contribution in [0.25, 0.3) is 0 Å². The van der Waals surface area contributed by atoms with Crippen LogP contribution in [0.1, 0.15) is 29.1 Å². The Kier molecular flexibility index (Phi) is 4.23. The van der Waals surface area contributed by atoms with Crippen molar-refractivity contribution in [3.05, 3.63) is 34.3 Å². The smallest absolute Gasteiger partial charge is 0.231 e. The number of nitrogens with one attached hydrogen (secondary N) is 1. The summed E-state index contributed by atoms with van der Waals surface area (Å²) in [5.74, 6) is 1.72. The fourth-order valence-electron chi connectivity index (χ4n) is 3.93. The molecule has 3 aliphatic heterocycles. The number of fused-ring (bicyclic) bond motifs is 2. The van der Waals surface area contributed by atoms with E-state index in [0.717, 1.165) is 57.2 Å². The number of ether oxygens (including phenoxy) is 2. The van der Waals surface area contributed by atoms with Crippen molar-refractivity contribution in [3.63, 3.8) is 0 Å². The number of thiazole rings is 1. The van der Waals surface area contributed by atoms with Gasteiger partial charge in [-0.15, -0.1) is 11.3 Å². The molecule has 7 heteroatoms. The van der Waals surface area contributed by atoms with Gasteiger partial charge >= 0.3 is 0 Å². The average molecular weight is 372 g/mol. The molecule has 1 unspecified atom stereocenters. The van der Waals surface area contributed by atoms with Gasteiger partial charge < -0.3 is 19.7 Å². The summed E-state index contributed by atoms with van der Waals surface area (Å²) < 4.78 is 11.0. The highest BCUT2D eigenvalue weighted by molar-refractivity contribution is 7.15. The quantitative estimate of drug-likeness (QED) is 0.893. The van der Waals surface area contributed by atoms with Crippen LogP contribution in [-0.2, 0) is 13.0 Å². The van der Waals surface area contributed by atoms with E-state index in [9.17, 15) is 0 Å². The molecule has 1 fully saturated rings. The maximum atomic E-state index is 5.53. The molecule has 0 aliphatic carbocycles. The van der Waals surface area contributed by atoms with E-state index in [1.165, 1.54) is 21.3 Å². The molecule has 5 rings (SSSR count). The molecule has 0 spiro atoms. The first-order valence-corrected chi connectivity index (χ1v) is 10.2. The van der Waals surface area contributed by atoms with Gasteiger partial charge in [0.2, 0.25) is 6.79 Å². The van der Waals surface area contributed by atoms with Crippen molar-refractivity contribution in [2.75, 3.05) is 44.4 Å². The number of benzene rings is 1. The summed E-state index contributed by atoms with van der Waals surface area (Å²) in [4.78, 5) is 11.3. The van der Waals surface area contributed by atoms with Gasteiger partial charge in [-0.25, -0.2) is 4.98 Å². The second kappa shape index (κ2) is 6.72. The third kappa shape index (κ3) is 2.94. The number of hydrogen-bond donors (Lipinski definition) is 1. The first-order chi connectivity index (χ1) is 12.8. The summed E-state index contributed by atoms with van der Waals surface area (Å²) in [5, 5.41) is 4.64. The topological polar surface area (TPSA) is 49.9 Å². The van der Waals surface area contributed by atoms with E-state index in [-0.39, 0.29) is 0 Å². The Morgan fingerprint density at radius 3 is 2.85 bits per heavy atom. The van der Waals surface area contributed by atoms with Gasteiger partial charge in [-0.3, -0.25) is 4.90 Å². The number of rotatable bonds is 3. The molecule has 1 atom stereocenters. The van der Waals surface area contributed by atoms with E-state index in [1.54, 1.807) is 0 Å². The van der Waals surface area contributed by atoms with Crippen molar-refractivity contribution in [2.45, 2.75) is 25.9 Å². The molecule has 0 amide bonds. The summed E-state index contributed by atoms with van der Waals surface area (Å²) in [6, 6.07) is 6.69. The monoisotopic (exact) mass is 372 g/mol. The largest absolute Gasteiger partial charge is 0.454 e. The highest BCUT2D eigenvalue weighted by Gasteiger charge is 2.26. The Labute approximate surface area is 157 Å². The SMILES string of the molecule is CC(c1ccc2c(c1)OCO2)N1CCN(c2nc3c(s2)CNCC3)CC1. The van der Waals surface area contributed by atoms with E-state index in [1.807, 2.05) is 17.4 Å². The summed E-state index contributed by atoms with van der Waals surface area (Å²) in [7, 11) is 0. The minimum Gasteiger partial charge on any atom is -0.454 e. The molecule has 138 valence electrons. The Balaban J connectivity index is 1.24. The predicted octanol–water partition coefficient (Wildman–Crippen LogP) is 2.40. The van der Waals surface area contributed by atoms with Crippen LogP contribution in [0.3, 0.4) is 0 Å². The molecule has 26 heavy (non-hydrogen) atoms. The average Bonchev–Trinajstić information content (AvgIpc) is 3.33. The molecule has 4 heterocycles. The zero-order chi connectivity index (χ0) is 17.5.